The van der Waals surface area contributed by atoms with Crippen LogP contribution in [0.15, 0.2) is 0 Å². The molecule has 0 atom stereocenters. The molecular weight excluding hydrogens is 129 g/mol. The Morgan fingerprint density at radius 3 is 0.333 bits per heavy atom. The number of hydrogen-bond donors (Lipinski definition) is 5. The summed E-state index contributed by atoms with van der Waals surface area (Å²) in [5.41, 5.74) is 0. The Hall–Kier alpha value is 0.306. The van der Waals surface area contributed by atoms with Crippen molar-refractivity contribution in [3.05, 3.63) is 0 Å². The van der Waals surface area contributed by atoms with Gasteiger partial charge in [-0.1, -0.05) is 0 Å². The zero-order chi connectivity index (χ0) is 0. The summed E-state index contributed by atoms with van der Waals surface area (Å²) < 4.78 is 0. The standard InChI is InChI=1S/Co.5H3N/h;5*1H3/q+3;;;;;. The molecule has 0 bridgehead atoms. The van der Waals surface area contributed by atoms with Crippen molar-refractivity contribution in [2.75, 3.05) is 0 Å². The predicted molar refractivity (Wildman–Crippen MR) is 25.1 cm³/mol. The van der Waals surface area contributed by atoms with E-state index in [9.17, 15) is 0 Å². The van der Waals surface area contributed by atoms with Gasteiger partial charge in [-0.05, 0) is 0 Å². The first-order chi connectivity index (χ1) is 0. The van der Waals surface area contributed by atoms with Crippen LogP contribution < -0.4 is 30.8 Å². The van der Waals surface area contributed by atoms with Gasteiger partial charge in [0.25, 0.3) is 0 Å². The van der Waals surface area contributed by atoms with Crippen molar-refractivity contribution < 1.29 is 16.8 Å². The van der Waals surface area contributed by atoms with Crippen molar-refractivity contribution >= 4 is 0 Å². The predicted octanol–water partition coefficient (Wildman–Crippen LogP) is 0.807. The second kappa shape index (κ2) is 1050. The molecule has 0 aliphatic heterocycles. The Kier molecular flexibility index (Phi) is 330000. The molecule has 0 aromatic heterocycles. The van der Waals surface area contributed by atoms with Crippen LogP contribution in [0.4, 0.5) is 0 Å². The van der Waals surface area contributed by atoms with Crippen molar-refractivity contribution in [1.82, 2.24) is 30.8 Å². The smallest absolute Gasteiger partial charge is 0.344 e. The van der Waals surface area contributed by atoms with Gasteiger partial charge < -0.3 is 30.8 Å². The van der Waals surface area contributed by atoms with Gasteiger partial charge in [0.05, 0.1) is 0 Å². The quantitative estimate of drug-likeness (QED) is 0.337. The Morgan fingerprint density at radius 1 is 0.333 bits per heavy atom. The first-order valence-corrected chi connectivity index (χ1v) is 0. The van der Waals surface area contributed by atoms with E-state index in [0.29, 0.717) is 0 Å². The van der Waals surface area contributed by atoms with Crippen LogP contribution in [0.2, 0.25) is 0 Å². The fourth-order valence-corrected chi connectivity index (χ4v) is 0. The average molecular weight is 144 g/mol. The Morgan fingerprint density at radius 2 is 0.333 bits per heavy atom. The first kappa shape index (κ1) is 1890. The minimum Gasteiger partial charge on any atom is -0.344 e. The van der Waals surface area contributed by atoms with Gasteiger partial charge in [0.2, 0.25) is 0 Å². The van der Waals surface area contributed by atoms with Crippen molar-refractivity contribution in [2.24, 2.45) is 0 Å². The Labute approximate surface area is 48.4 Å². The monoisotopic (exact) mass is 144 g/mol. The van der Waals surface area contributed by atoms with Crippen molar-refractivity contribution in [3.63, 3.8) is 0 Å². The number of hydrogen-bond acceptors (Lipinski definition) is 5. The van der Waals surface area contributed by atoms with Crippen LogP contribution >= 0.6 is 0 Å². The van der Waals surface area contributed by atoms with E-state index in [1.54, 1.807) is 0 Å². The summed E-state index contributed by atoms with van der Waals surface area (Å²) in [5.74, 6) is 0. The molecule has 5 nitrogen and oxygen atoms in total. The molecule has 6 heavy (non-hydrogen) atoms. The first-order valence-electron chi connectivity index (χ1n) is 0. The normalized spacial score (nSPS) is 0. The second-order valence-electron chi connectivity index (χ2n) is 0. The Bertz CT molecular complexity index is 3.90. The molecule has 0 saturated heterocycles. The molecule has 0 spiro atoms. The summed E-state index contributed by atoms with van der Waals surface area (Å²) in [7, 11) is 0. The third-order valence-electron chi connectivity index (χ3n) is 0. The molecule has 15 N–H and O–H groups in total. The maximum Gasteiger partial charge on any atom is 3.00 e. The van der Waals surface area contributed by atoms with E-state index in [4.69, 9.17) is 0 Å². The molecule has 0 radical (unpaired) electrons. The van der Waals surface area contributed by atoms with Crippen LogP contribution in [0, 0.1) is 0 Å². The van der Waals surface area contributed by atoms with Crippen LogP contribution in [0.3, 0.4) is 0 Å². The van der Waals surface area contributed by atoms with Gasteiger partial charge >= 0.3 is 16.8 Å². The van der Waals surface area contributed by atoms with E-state index in [2.05, 4.69) is 0 Å². The zero-order valence-electron chi connectivity index (χ0n) is 3.87. The van der Waals surface area contributed by atoms with Crippen LogP contribution in [0.5, 0.6) is 0 Å². The fourth-order valence-electron chi connectivity index (χ4n) is 0. The third kappa shape index (κ3) is 501. The molecule has 0 heterocycles. The second-order valence-corrected chi connectivity index (χ2v) is 0. The van der Waals surface area contributed by atoms with Crippen LogP contribution in [0.1, 0.15) is 0 Å². The molecule has 46 valence electrons. The van der Waals surface area contributed by atoms with Gasteiger partial charge in [-0.2, -0.15) is 0 Å². The van der Waals surface area contributed by atoms with E-state index < -0.39 is 0 Å². The SMILES string of the molecule is N.N.N.N.N.[Co+3]. The molecular formula is H15CoN5+3. The maximum absolute atomic E-state index is 0. The molecule has 0 amide bonds. The molecule has 0 saturated carbocycles. The summed E-state index contributed by atoms with van der Waals surface area (Å²) in [6.45, 7) is 0. The van der Waals surface area contributed by atoms with Gasteiger partial charge in [-0.3, -0.25) is 0 Å². The fraction of sp³-hybridized carbons (Fsp3) is 0. The van der Waals surface area contributed by atoms with Gasteiger partial charge in [0, 0.05) is 0 Å². The van der Waals surface area contributed by atoms with E-state index in [1.807, 2.05) is 0 Å². The van der Waals surface area contributed by atoms with Gasteiger partial charge in [0.15, 0.2) is 0 Å². The molecule has 0 rings (SSSR count). The summed E-state index contributed by atoms with van der Waals surface area (Å²) >= 11 is 0. The average Bonchev–Trinajstić information content (AvgIpc) is 0. The molecule has 0 unspecified atom stereocenters. The van der Waals surface area contributed by atoms with Crippen LogP contribution in [0.25, 0.3) is 0 Å². The molecule has 0 fully saturated rings. The third-order valence-corrected chi connectivity index (χ3v) is 0. The van der Waals surface area contributed by atoms with Crippen molar-refractivity contribution in [1.29, 1.82) is 0 Å². The number of rotatable bonds is 0. The van der Waals surface area contributed by atoms with Gasteiger partial charge in [-0.15, -0.1) is 0 Å². The summed E-state index contributed by atoms with van der Waals surface area (Å²) in [6.07, 6.45) is 0. The minimum atomic E-state index is 0. The molecule has 0 aromatic carbocycles. The summed E-state index contributed by atoms with van der Waals surface area (Å²) in [4.78, 5) is 0. The molecule has 6 heteroatoms. The van der Waals surface area contributed by atoms with Crippen LogP contribution in [-0.2, 0) is 16.8 Å². The van der Waals surface area contributed by atoms with E-state index in [-0.39, 0.29) is 47.5 Å². The van der Waals surface area contributed by atoms with E-state index in [0.717, 1.165) is 0 Å². The van der Waals surface area contributed by atoms with Gasteiger partial charge in [0.1, 0.15) is 0 Å². The Balaban J connectivity index is 0. The van der Waals surface area contributed by atoms with Gasteiger partial charge in [-0.25, -0.2) is 0 Å². The topological polar surface area (TPSA) is 175 Å². The van der Waals surface area contributed by atoms with E-state index in [1.165, 1.54) is 0 Å². The summed E-state index contributed by atoms with van der Waals surface area (Å²) in [6, 6.07) is 0. The molecule has 0 aromatic rings. The van der Waals surface area contributed by atoms with Crippen LogP contribution in [-0.4, -0.2) is 0 Å². The molecule has 0 aliphatic rings. The van der Waals surface area contributed by atoms with Crippen molar-refractivity contribution in [2.45, 2.75) is 0 Å². The molecule has 0 aliphatic carbocycles. The minimum absolute atomic E-state index is 0. The maximum atomic E-state index is 0. The van der Waals surface area contributed by atoms with E-state index >= 15 is 0 Å². The zero-order valence-corrected chi connectivity index (χ0v) is 4.91. The largest absolute Gasteiger partial charge is 3.00 e. The summed E-state index contributed by atoms with van der Waals surface area (Å²) in [5, 5.41) is 0. The van der Waals surface area contributed by atoms with Crippen molar-refractivity contribution in [3.8, 4) is 0 Å².